The predicted octanol–water partition coefficient (Wildman–Crippen LogP) is 4.47. The number of amides is 1. The first-order valence-corrected chi connectivity index (χ1v) is 9.11. The zero-order valence-corrected chi connectivity index (χ0v) is 17.0. The number of halogens is 2. The summed E-state index contributed by atoms with van der Waals surface area (Å²) in [6.45, 7) is 1.65. The van der Waals surface area contributed by atoms with Crippen molar-refractivity contribution in [1.82, 2.24) is 0 Å². The maximum absolute atomic E-state index is 13.3. The summed E-state index contributed by atoms with van der Waals surface area (Å²) in [5.41, 5.74) is 1.80. The summed E-state index contributed by atoms with van der Waals surface area (Å²) in [6.07, 6.45) is 1.59. The van der Waals surface area contributed by atoms with Crippen molar-refractivity contribution in [2.45, 2.75) is 6.92 Å². The van der Waals surface area contributed by atoms with Crippen molar-refractivity contribution in [3.63, 3.8) is 0 Å². The molecule has 1 aliphatic heterocycles. The van der Waals surface area contributed by atoms with E-state index in [1.807, 2.05) is 6.07 Å². The quantitative estimate of drug-likeness (QED) is 0.514. The molecule has 1 heterocycles. The van der Waals surface area contributed by atoms with Gasteiger partial charge in [-0.05, 0) is 55.5 Å². The number of esters is 1. The normalized spacial score (nSPS) is 15.4. The Bertz CT molecular complexity index is 1010. The minimum Gasteiger partial charge on any atom is -0.496 e. The highest BCUT2D eigenvalue weighted by Gasteiger charge is 2.38. The Morgan fingerprint density at radius 2 is 1.82 bits per heavy atom. The van der Waals surface area contributed by atoms with E-state index in [0.29, 0.717) is 22.7 Å². The Kier molecular flexibility index (Phi) is 5.65. The second-order valence-corrected chi connectivity index (χ2v) is 6.93. The van der Waals surface area contributed by atoms with Crippen molar-refractivity contribution in [2.75, 3.05) is 19.1 Å². The van der Waals surface area contributed by atoms with Gasteiger partial charge in [0.15, 0.2) is 0 Å². The van der Waals surface area contributed by atoms with Crippen molar-refractivity contribution < 1.29 is 23.5 Å². The lowest BCUT2D eigenvalue weighted by Crippen LogP contribution is -2.24. The molecule has 0 unspecified atom stereocenters. The standard InChI is InChI=1S/C21H17BrFNO4/c1-12-19(21(26)28-3)17(11-13-10-14(22)4-9-18(13)27-2)20(25)24(12)16-7-5-15(23)6-8-16/h4-11H,1-3H3/b17-11+. The number of hydrogen-bond donors (Lipinski definition) is 0. The maximum atomic E-state index is 13.3. The molecular formula is C21H17BrFNO4. The first-order chi connectivity index (χ1) is 13.4. The van der Waals surface area contributed by atoms with Gasteiger partial charge >= 0.3 is 5.97 Å². The van der Waals surface area contributed by atoms with Gasteiger partial charge in [0.05, 0.1) is 25.4 Å². The van der Waals surface area contributed by atoms with Gasteiger partial charge in [-0.3, -0.25) is 9.69 Å². The van der Waals surface area contributed by atoms with Gasteiger partial charge in [0.2, 0.25) is 0 Å². The van der Waals surface area contributed by atoms with Crippen LogP contribution in [0.15, 0.2) is 63.8 Å². The number of carbonyl (C=O) groups excluding carboxylic acids is 2. The van der Waals surface area contributed by atoms with Crippen LogP contribution in [0.2, 0.25) is 0 Å². The van der Waals surface area contributed by atoms with Crippen LogP contribution in [0.5, 0.6) is 5.75 Å². The molecule has 5 nitrogen and oxygen atoms in total. The van der Waals surface area contributed by atoms with E-state index in [9.17, 15) is 14.0 Å². The lowest BCUT2D eigenvalue weighted by atomic mass is 10.0. The Hall–Kier alpha value is -2.93. The van der Waals surface area contributed by atoms with Crippen LogP contribution in [0, 0.1) is 5.82 Å². The summed E-state index contributed by atoms with van der Waals surface area (Å²) in [4.78, 5) is 27.0. The van der Waals surface area contributed by atoms with Crippen LogP contribution < -0.4 is 9.64 Å². The molecule has 0 N–H and O–H groups in total. The van der Waals surface area contributed by atoms with Crippen molar-refractivity contribution >= 4 is 39.6 Å². The van der Waals surface area contributed by atoms with Crippen molar-refractivity contribution in [3.8, 4) is 5.75 Å². The third-order valence-electron chi connectivity index (χ3n) is 4.37. The van der Waals surface area contributed by atoms with E-state index in [1.54, 1.807) is 25.1 Å². The molecule has 0 fully saturated rings. The first kappa shape index (κ1) is 19.8. The number of allylic oxidation sites excluding steroid dienone is 1. The van der Waals surface area contributed by atoms with E-state index in [2.05, 4.69) is 15.9 Å². The number of ether oxygens (including phenoxy) is 2. The minimum absolute atomic E-state index is 0.152. The van der Waals surface area contributed by atoms with Crippen LogP contribution in [-0.4, -0.2) is 26.1 Å². The Morgan fingerprint density at radius 1 is 1.14 bits per heavy atom. The minimum atomic E-state index is -0.629. The molecule has 2 aromatic rings. The molecule has 0 bridgehead atoms. The van der Waals surface area contributed by atoms with Gasteiger partial charge in [0.25, 0.3) is 5.91 Å². The van der Waals surface area contributed by atoms with Crippen LogP contribution >= 0.6 is 15.9 Å². The molecule has 28 heavy (non-hydrogen) atoms. The van der Waals surface area contributed by atoms with E-state index in [0.717, 1.165) is 4.47 Å². The second-order valence-electron chi connectivity index (χ2n) is 6.01. The van der Waals surface area contributed by atoms with Gasteiger partial charge in [-0.2, -0.15) is 0 Å². The first-order valence-electron chi connectivity index (χ1n) is 8.32. The molecule has 0 spiro atoms. The van der Waals surface area contributed by atoms with E-state index in [4.69, 9.17) is 9.47 Å². The molecule has 3 rings (SSSR count). The fraction of sp³-hybridized carbons (Fsp3) is 0.143. The van der Waals surface area contributed by atoms with Crippen molar-refractivity contribution in [3.05, 3.63) is 75.2 Å². The number of benzene rings is 2. The smallest absolute Gasteiger partial charge is 0.340 e. The average molecular weight is 446 g/mol. The van der Waals surface area contributed by atoms with Gasteiger partial charge in [-0.25, -0.2) is 9.18 Å². The summed E-state index contributed by atoms with van der Waals surface area (Å²) in [5.74, 6) is -0.910. The average Bonchev–Trinajstić information content (AvgIpc) is 2.92. The number of methoxy groups -OCH3 is 2. The molecule has 7 heteroatoms. The molecule has 0 atom stereocenters. The number of nitrogens with zero attached hydrogens (tertiary/aromatic N) is 1. The van der Waals surface area contributed by atoms with Crippen molar-refractivity contribution in [1.29, 1.82) is 0 Å². The highest BCUT2D eigenvalue weighted by atomic mass is 79.9. The SMILES string of the molecule is COC(=O)C1=C(C)N(c2ccc(F)cc2)C(=O)/C1=C/c1cc(Br)ccc1OC. The van der Waals surface area contributed by atoms with E-state index >= 15 is 0 Å². The fourth-order valence-electron chi connectivity index (χ4n) is 3.05. The topological polar surface area (TPSA) is 55.8 Å². The molecule has 0 aromatic heterocycles. The highest BCUT2D eigenvalue weighted by Crippen LogP contribution is 2.37. The largest absolute Gasteiger partial charge is 0.496 e. The Labute approximate surface area is 170 Å². The molecule has 144 valence electrons. The number of carbonyl (C=O) groups is 2. The van der Waals surface area contributed by atoms with Crippen molar-refractivity contribution in [2.24, 2.45) is 0 Å². The molecule has 1 amide bonds. The molecule has 0 saturated heterocycles. The lowest BCUT2D eigenvalue weighted by Gasteiger charge is -2.17. The third kappa shape index (κ3) is 3.57. The number of rotatable bonds is 4. The molecular weight excluding hydrogens is 429 g/mol. The van der Waals surface area contributed by atoms with Gasteiger partial charge in [-0.15, -0.1) is 0 Å². The van der Waals surface area contributed by atoms with Crippen LogP contribution in [0.4, 0.5) is 10.1 Å². The lowest BCUT2D eigenvalue weighted by molar-refractivity contribution is -0.136. The maximum Gasteiger partial charge on any atom is 0.340 e. The van der Waals surface area contributed by atoms with Crippen LogP contribution in [-0.2, 0) is 14.3 Å². The Morgan fingerprint density at radius 3 is 2.43 bits per heavy atom. The number of anilines is 1. The molecule has 1 aliphatic rings. The Balaban J connectivity index is 2.18. The zero-order valence-electron chi connectivity index (χ0n) is 15.5. The predicted molar refractivity (Wildman–Crippen MR) is 107 cm³/mol. The number of hydrogen-bond acceptors (Lipinski definition) is 4. The van der Waals surface area contributed by atoms with E-state index in [1.165, 1.54) is 43.4 Å². The van der Waals surface area contributed by atoms with Gasteiger partial charge in [0, 0.05) is 21.4 Å². The molecule has 0 aliphatic carbocycles. The van der Waals surface area contributed by atoms with Crippen LogP contribution in [0.3, 0.4) is 0 Å². The summed E-state index contributed by atoms with van der Waals surface area (Å²) >= 11 is 3.40. The molecule has 0 saturated carbocycles. The van der Waals surface area contributed by atoms with Gasteiger partial charge in [-0.1, -0.05) is 15.9 Å². The monoisotopic (exact) mass is 445 g/mol. The zero-order chi connectivity index (χ0) is 20.4. The fourth-order valence-corrected chi connectivity index (χ4v) is 3.43. The van der Waals surface area contributed by atoms with Gasteiger partial charge in [0.1, 0.15) is 11.6 Å². The summed E-state index contributed by atoms with van der Waals surface area (Å²) < 4.78 is 24.3. The highest BCUT2D eigenvalue weighted by molar-refractivity contribution is 9.10. The van der Waals surface area contributed by atoms with E-state index < -0.39 is 17.7 Å². The summed E-state index contributed by atoms with van der Waals surface area (Å²) in [6, 6.07) is 10.8. The third-order valence-corrected chi connectivity index (χ3v) is 4.86. The summed E-state index contributed by atoms with van der Waals surface area (Å²) in [5, 5.41) is 0. The van der Waals surface area contributed by atoms with Crippen LogP contribution in [0.25, 0.3) is 6.08 Å². The summed E-state index contributed by atoms with van der Waals surface area (Å²) in [7, 11) is 2.78. The van der Waals surface area contributed by atoms with Crippen LogP contribution in [0.1, 0.15) is 12.5 Å². The van der Waals surface area contributed by atoms with E-state index in [-0.39, 0.29) is 11.1 Å². The van der Waals surface area contributed by atoms with Gasteiger partial charge < -0.3 is 9.47 Å². The molecule has 2 aromatic carbocycles. The molecule has 0 radical (unpaired) electrons. The second kappa shape index (κ2) is 7.98.